The normalized spacial score (nSPS) is 10.4. The highest BCUT2D eigenvalue weighted by Crippen LogP contribution is 2.33. The molecule has 0 aliphatic carbocycles. The molecule has 0 aliphatic rings. The Morgan fingerprint density at radius 1 is 1.05 bits per heavy atom. The van der Waals surface area contributed by atoms with Crippen molar-refractivity contribution in [1.29, 1.82) is 0 Å². The predicted octanol–water partition coefficient (Wildman–Crippen LogP) is 3.65. The maximum Gasteiger partial charge on any atom is 0.135 e. The molecule has 0 saturated heterocycles. The molecule has 0 spiro atoms. The number of rotatable bonds is 3. The van der Waals surface area contributed by atoms with E-state index >= 15 is 0 Å². The van der Waals surface area contributed by atoms with Crippen LogP contribution in [0.2, 0.25) is 0 Å². The van der Waals surface area contributed by atoms with E-state index in [1.165, 1.54) is 0 Å². The minimum Gasteiger partial charge on any atom is -0.457 e. The molecule has 4 nitrogen and oxygen atoms in total. The van der Waals surface area contributed by atoms with Crippen LogP contribution in [0.25, 0.3) is 10.8 Å². The summed E-state index contributed by atoms with van der Waals surface area (Å²) in [6.07, 6.45) is 1.71. The van der Waals surface area contributed by atoms with Crippen LogP contribution in [0.1, 0.15) is 0 Å². The highest BCUT2D eigenvalue weighted by Gasteiger charge is 2.06. The van der Waals surface area contributed by atoms with Gasteiger partial charge >= 0.3 is 0 Å². The van der Waals surface area contributed by atoms with Crippen LogP contribution >= 0.6 is 0 Å². The maximum absolute atomic E-state index is 5.99. The minimum atomic E-state index is 0.735. The van der Waals surface area contributed by atoms with Crippen LogP contribution in [0.3, 0.4) is 0 Å². The van der Waals surface area contributed by atoms with Gasteiger partial charge in [0.2, 0.25) is 0 Å². The molecular weight excluding hydrogens is 250 g/mol. The molecule has 100 valence electrons. The quantitative estimate of drug-likeness (QED) is 0.710. The van der Waals surface area contributed by atoms with Gasteiger partial charge in [-0.3, -0.25) is 0 Å². The Bertz CT molecular complexity index is 756. The Morgan fingerprint density at radius 3 is 2.65 bits per heavy atom. The molecule has 3 rings (SSSR count). The third-order valence-electron chi connectivity index (χ3n) is 3.13. The van der Waals surface area contributed by atoms with E-state index in [9.17, 15) is 0 Å². The van der Waals surface area contributed by atoms with Crippen molar-refractivity contribution in [1.82, 2.24) is 4.98 Å². The van der Waals surface area contributed by atoms with Gasteiger partial charge in [-0.2, -0.15) is 0 Å². The number of fused-ring (bicyclic) bond motifs is 1. The lowest BCUT2D eigenvalue weighted by Gasteiger charge is -2.11. The van der Waals surface area contributed by atoms with Crippen molar-refractivity contribution in [2.24, 2.45) is 0 Å². The van der Waals surface area contributed by atoms with Gasteiger partial charge in [0.1, 0.15) is 17.3 Å². The van der Waals surface area contributed by atoms with Crippen molar-refractivity contribution >= 4 is 22.3 Å². The van der Waals surface area contributed by atoms with Crippen molar-refractivity contribution in [3.63, 3.8) is 0 Å². The molecule has 0 unspecified atom stereocenters. The van der Waals surface area contributed by atoms with Gasteiger partial charge in [-0.25, -0.2) is 4.98 Å². The first-order valence-corrected chi connectivity index (χ1v) is 6.37. The lowest BCUT2D eigenvalue weighted by atomic mass is 10.1. The Balaban J connectivity index is 2.04. The SMILES string of the molecule is CNc1cc(Oc2ccc(N)c3ccccc23)ccn1. The average molecular weight is 265 g/mol. The first-order chi connectivity index (χ1) is 9.78. The van der Waals surface area contributed by atoms with E-state index < -0.39 is 0 Å². The topological polar surface area (TPSA) is 60.2 Å². The lowest BCUT2D eigenvalue weighted by molar-refractivity contribution is 0.488. The number of nitrogen functional groups attached to an aromatic ring is 1. The fourth-order valence-corrected chi connectivity index (χ4v) is 2.12. The predicted molar refractivity (Wildman–Crippen MR) is 82.2 cm³/mol. The van der Waals surface area contributed by atoms with Crippen LogP contribution in [0.5, 0.6) is 11.5 Å². The van der Waals surface area contributed by atoms with Crippen molar-refractivity contribution in [2.75, 3.05) is 18.1 Å². The number of hydrogen-bond acceptors (Lipinski definition) is 4. The third kappa shape index (κ3) is 2.23. The summed E-state index contributed by atoms with van der Waals surface area (Å²) in [5.41, 5.74) is 6.74. The molecule has 4 heteroatoms. The van der Waals surface area contributed by atoms with E-state index in [2.05, 4.69) is 10.3 Å². The Labute approximate surface area is 117 Å². The van der Waals surface area contributed by atoms with Gasteiger partial charge in [0.05, 0.1) is 0 Å². The van der Waals surface area contributed by atoms with Gasteiger partial charge in [0.15, 0.2) is 0 Å². The summed E-state index contributed by atoms with van der Waals surface area (Å²) in [5.74, 6) is 2.28. The molecule has 20 heavy (non-hydrogen) atoms. The van der Waals surface area contributed by atoms with E-state index in [-0.39, 0.29) is 0 Å². The first kappa shape index (κ1) is 12.3. The molecule has 0 aliphatic heterocycles. The number of nitrogens with one attached hydrogen (secondary N) is 1. The number of benzene rings is 2. The van der Waals surface area contributed by atoms with Crippen molar-refractivity contribution in [3.05, 3.63) is 54.7 Å². The van der Waals surface area contributed by atoms with Crippen LogP contribution in [0, 0.1) is 0 Å². The zero-order valence-corrected chi connectivity index (χ0v) is 11.1. The van der Waals surface area contributed by atoms with Crippen molar-refractivity contribution in [2.45, 2.75) is 0 Å². The molecule has 3 N–H and O–H groups in total. The molecule has 2 aromatic carbocycles. The largest absolute Gasteiger partial charge is 0.457 e. The number of pyridine rings is 1. The van der Waals surface area contributed by atoms with E-state index in [1.54, 1.807) is 6.20 Å². The zero-order valence-electron chi connectivity index (χ0n) is 11.1. The van der Waals surface area contributed by atoms with Gasteiger partial charge in [-0.15, -0.1) is 0 Å². The molecule has 0 radical (unpaired) electrons. The number of anilines is 2. The third-order valence-corrected chi connectivity index (χ3v) is 3.13. The Morgan fingerprint density at radius 2 is 1.85 bits per heavy atom. The summed E-state index contributed by atoms with van der Waals surface area (Å²) in [6, 6.07) is 15.4. The van der Waals surface area contributed by atoms with Crippen LogP contribution in [0.4, 0.5) is 11.5 Å². The second kappa shape index (κ2) is 5.09. The average Bonchev–Trinajstić information content (AvgIpc) is 2.51. The summed E-state index contributed by atoms with van der Waals surface area (Å²) >= 11 is 0. The van der Waals surface area contributed by atoms with Gasteiger partial charge in [0, 0.05) is 35.8 Å². The van der Waals surface area contributed by atoms with E-state index in [0.717, 1.165) is 33.8 Å². The van der Waals surface area contributed by atoms with Crippen LogP contribution in [-0.4, -0.2) is 12.0 Å². The Kier molecular flexibility index (Phi) is 3.13. The molecule has 1 aromatic heterocycles. The molecule has 0 bridgehead atoms. The number of ether oxygens (including phenoxy) is 1. The molecule has 0 atom stereocenters. The second-order valence-electron chi connectivity index (χ2n) is 4.43. The zero-order chi connectivity index (χ0) is 13.9. The maximum atomic E-state index is 5.99. The Hall–Kier alpha value is -2.75. The molecule has 0 amide bonds. The first-order valence-electron chi connectivity index (χ1n) is 6.37. The highest BCUT2D eigenvalue weighted by molar-refractivity contribution is 5.97. The van der Waals surface area contributed by atoms with Gasteiger partial charge in [-0.1, -0.05) is 24.3 Å². The van der Waals surface area contributed by atoms with Crippen molar-refractivity contribution in [3.8, 4) is 11.5 Å². The van der Waals surface area contributed by atoms with Gasteiger partial charge in [0.25, 0.3) is 0 Å². The molecule has 0 fully saturated rings. The van der Waals surface area contributed by atoms with E-state index in [4.69, 9.17) is 10.5 Å². The summed E-state index contributed by atoms with van der Waals surface area (Å²) in [4.78, 5) is 4.16. The molecule has 0 saturated carbocycles. The number of nitrogens with two attached hydrogens (primary N) is 1. The number of aromatic nitrogens is 1. The summed E-state index contributed by atoms with van der Waals surface area (Å²) in [7, 11) is 1.82. The summed E-state index contributed by atoms with van der Waals surface area (Å²) in [5, 5.41) is 4.98. The lowest BCUT2D eigenvalue weighted by Crippen LogP contribution is -1.93. The van der Waals surface area contributed by atoms with E-state index in [1.807, 2.05) is 55.6 Å². The number of nitrogens with zero attached hydrogens (tertiary/aromatic N) is 1. The molecule has 1 heterocycles. The van der Waals surface area contributed by atoms with Crippen LogP contribution < -0.4 is 15.8 Å². The monoisotopic (exact) mass is 265 g/mol. The summed E-state index contributed by atoms with van der Waals surface area (Å²) in [6.45, 7) is 0. The van der Waals surface area contributed by atoms with Gasteiger partial charge in [-0.05, 0) is 18.2 Å². The molecular formula is C16H15N3O. The molecule has 3 aromatic rings. The van der Waals surface area contributed by atoms with Crippen LogP contribution in [-0.2, 0) is 0 Å². The highest BCUT2D eigenvalue weighted by atomic mass is 16.5. The second-order valence-corrected chi connectivity index (χ2v) is 4.43. The minimum absolute atomic E-state index is 0.735. The standard InChI is InChI=1S/C16H15N3O/c1-18-16-10-11(8-9-19-16)20-15-7-6-14(17)12-4-2-3-5-13(12)15/h2-10H,17H2,1H3,(H,18,19). The van der Waals surface area contributed by atoms with Gasteiger partial charge < -0.3 is 15.8 Å². The van der Waals surface area contributed by atoms with Crippen LogP contribution in [0.15, 0.2) is 54.7 Å². The smallest absolute Gasteiger partial charge is 0.135 e. The van der Waals surface area contributed by atoms with Crippen molar-refractivity contribution < 1.29 is 4.74 Å². The fraction of sp³-hybridized carbons (Fsp3) is 0.0625. The summed E-state index contributed by atoms with van der Waals surface area (Å²) < 4.78 is 5.95. The number of hydrogen-bond donors (Lipinski definition) is 2. The van der Waals surface area contributed by atoms with E-state index in [0.29, 0.717) is 0 Å². The fourth-order valence-electron chi connectivity index (χ4n) is 2.12.